The molecule has 0 bridgehead atoms. The van der Waals surface area contributed by atoms with Gasteiger partial charge in [-0.3, -0.25) is 14.6 Å². The second-order valence-electron chi connectivity index (χ2n) is 6.94. The summed E-state index contributed by atoms with van der Waals surface area (Å²) in [7, 11) is 0. The fourth-order valence-corrected chi connectivity index (χ4v) is 3.39. The van der Waals surface area contributed by atoms with E-state index in [2.05, 4.69) is 36.2 Å². The standard InChI is InChI=1S/C22H27N3O2/c1-2-18-6-8-19(9-7-18)10-11-21(26)24-13-4-14-25(16-15-24)22(27)20-5-3-12-23-17-20/h3,5-9,12,17H,2,4,10-11,13-16H2,1H3. The van der Waals surface area contributed by atoms with Crippen molar-refractivity contribution in [2.24, 2.45) is 0 Å². The van der Waals surface area contributed by atoms with Crippen molar-refractivity contribution in [2.75, 3.05) is 26.2 Å². The number of aryl methyl sites for hydroxylation is 2. The second-order valence-corrected chi connectivity index (χ2v) is 6.94. The minimum atomic E-state index is -0.00610. The zero-order valence-electron chi connectivity index (χ0n) is 15.9. The summed E-state index contributed by atoms with van der Waals surface area (Å²) in [6.45, 7) is 4.70. The van der Waals surface area contributed by atoms with E-state index in [1.165, 1.54) is 11.1 Å². The van der Waals surface area contributed by atoms with E-state index in [1.807, 2.05) is 9.80 Å². The first-order chi connectivity index (χ1) is 13.2. The smallest absolute Gasteiger partial charge is 0.255 e. The van der Waals surface area contributed by atoms with E-state index >= 15 is 0 Å². The predicted octanol–water partition coefficient (Wildman–Crippen LogP) is 2.95. The van der Waals surface area contributed by atoms with Crippen molar-refractivity contribution in [1.82, 2.24) is 14.8 Å². The van der Waals surface area contributed by atoms with Crippen molar-refractivity contribution in [2.45, 2.75) is 32.6 Å². The maximum Gasteiger partial charge on any atom is 0.255 e. The number of nitrogens with zero attached hydrogens (tertiary/aromatic N) is 3. The van der Waals surface area contributed by atoms with Crippen LogP contribution in [0, 0.1) is 0 Å². The summed E-state index contributed by atoms with van der Waals surface area (Å²) in [6, 6.07) is 12.0. The third-order valence-corrected chi connectivity index (χ3v) is 5.10. The Kier molecular flexibility index (Phi) is 6.58. The van der Waals surface area contributed by atoms with Crippen molar-refractivity contribution in [1.29, 1.82) is 0 Å². The van der Waals surface area contributed by atoms with Gasteiger partial charge in [0.25, 0.3) is 5.91 Å². The Labute approximate surface area is 161 Å². The lowest BCUT2D eigenvalue weighted by Crippen LogP contribution is -2.37. The van der Waals surface area contributed by atoms with Gasteiger partial charge in [-0.15, -0.1) is 0 Å². The van der Waals surface area contributed by atoms with Gasteiger partial charge in [0.05, 0.1) is 5.56 Å². The monoisotopic (exact) mass is 365 g/mol. The molecule has 3 rings (SSSR count). The molecule has 1 aromatic carbocycles. The number of pyridine rings is 1. The van der Waals surface area contributed by atoms with Gasteiger partial charge in [-0.1, -0.05) is 31.2 Å². The lowest BCUT2D eigenvalue weighted by atomic mass is 10.1. The van der Waals surface area contributed by atoms with E-state index < -0.39 is 0 Å². The molecule has 2 heterocycles. The summed E-state index contributed by atoms with van der Waals surface area (Å²) in [5.41, 5.74) is 3.12. The van der Waals surface area contributed by atoms with Gasteiger partial charge >= 0.3 is 0 Å². The lowest BCUT2D eigenvalue weighted by Gasteiger charge is -2.22. The quantitative estimate of drug-likeness (QED) is 0.819. The first-order valence-corrected chi connectivity index (χ1v) is 9.72. The highest BCUT2D eigenvalue weighted by molar-refractivity contribution is 5.94. The maximum atomic E-state index is 12.6. The fraction of sp³-hybridized carbons (Fsp3) is 0.409. The Morgan fingerprint density at radius 2 is 1.67 bits per heavy atom. The molecule has 0 saturated carbocycles. The van der Waals surface area contributed by atoms with E-state index in [1.54, 1.807) is 24.5 Å². The number of carbonyl (C=O) groups is 2. The normalized spacial score (nSPS) is 14.7. The molecule has 27 heavy (non-hydrogen) atoms. The number of hydrogen-bond acceptors (Lipinski definition) is 3. The van der Waals surface area contributed by atoms with Gasteiger partial charge in [0, 0.05) is 45.0 Å². The predicted molar refractivity (Wildman–Crippen MR) is 105 cm³/mol. The molecule has 0 unspecified atom stereocenters. The minimum absolute atomic E-state index is 0.00610. The van der Waals surface area contributed by atoms with Crippen molar-refractivity contribution >= 4 is 11.8 Å². The van der Waals surface area contributed by atoms with Crippen LogP contribution >= 0.6 is 0 Å². The van der Waals surface area contributed by atoms with Crippen LogP contribution in [0.2, 0.25) is 0 Å². The SMILES string of the molecule is CCc1ccc(CCC(=O)N2CCCN(C(=O)c3cccnc3)CC2)cc1. The summed E-state index contributed by atoms with van der Waals surface area (Å²) in [6.07, 6.45) is 6.37. The summed E-state index contributed by atoms with van der Waals surface area (Å²) in [5, 5.41) is 0. The number of aromatic nitrogens is 1. The topological polar surface area (TPSA) is 53.5 Å². The van der Waals surface area contributed by atoms with Gasteiger partial charge in [-0.05, 0) is 42.5 Å². The van der Waals surface area contributed by atoms with Crippen molar-refractivity contribution in [3.63, 3.8) is 0 Å². The zero-order chi connectivity index (χ0) is 19.1. The van der Waals surface area contributed by atoms with Gasteiger partial charge in [0.2, 0.25) is 5.91 Å². The van der Waals surface area contributed by atoms with E-state index in [0.29, 0.717) is 38.2 Å². The molecular weight excluding hydrogens is 338 g/mol. The van der Waals surface area contributed by atoms with Crippen LogP contribution in [0.25, 0.3) is 0 Å². The molecule has 5 heteroatoms. The molecule has 5 nitrogen and oxygen atoms in total. The van der Waals surface area contributed by atoms with Gasteiger partial charge in [0.15, 0.2) is 0 Å². The zero-order valence-corrected chi connectivity index (χ0v) is 15.9. The molecule has 0 aliphatic carbocycles. The number of benzene rings is 1. The molecule has 1 fully saturated rings. The highest BCUT2D eigenvalue weighted by Crippen LogP contribution is 2.12. The van der Waals surface area contributed by atoms with E-state index in [0.717, 1.165) is 19.3 Å². The van der Waals surface area contributed by atoms with Gasteiger partial charge < -0.3 is 9.80 Å². The average Bonchev–Trinajstić information content (AvgIpc) is 2.99. The molecule has 2 aromatic rings. The van der Waals surface area contributed by atoms with Gasteiger partial charge in [0.1, 0.15) is 0 Å². The fourth-order valence-electron chi connectivity index (χ4n) is 3.39. The average molecular weight is 365 g/mol. The van der Waals surface area contributed by atoms with E-state index in [4.69, 9.17) is 0 Å². The molecule has 1 aliphatic heterocycles. The van der Waals surface area contributed by atoms with Crippen LogP contribution < -0.4 is 0 Å². The molecule has 1 saturated heterocycles. The van der Waals surface area contributed by atoms with Crippen molar-refractivity contribution in [3.05, 3.63) is 65.5 Å². The molecule has 1 aliphatic rings. The van der Waals surface area contributed by atoms with Crippen LogP contribution in [0.15, 0.2) is 48.8 Å². The van der Waals surface area contributed by atoms with Crippen LogP contribution in [0.3, 0.4) is 0 Å². The minimum Gasteiger partial charge on any atom is -0.341 e. The highest BCUT2D eigenvalue weighted by Gasteiger charge is 2.22. The highest BCUT2D eigenvalue weighted by atomic mass is 16.2. The van der Waals surface area contributed by atoms with Crippen LogP contribution in [0.1, 0.15) is 41.3 Å². The van der Waals surface area contributed by atoms with Crippen LogP contribution in [-0.2, 0) is 17.6 Å². The summed E-state index contributed by atoms with van der Waals surface area (Å²) in [4.78, 5) is 32.9. The Balaban J connectivity index is 1.51. The van der Waals surface area contributed by atoms with Gasteiger partial charge in [-0.2, -0.15) is 0 Å². The molecule has 2 amide bonds. The number of amides is 2. The Hall–Kier alpha value is -2.69. The van der Waals surface area contributed by atoms with Crippen molar-refractivity contribution < 1.29 is 9.59 Å². The maximum absolute atomic E-state index is 12.6. The Morgan fingerprint density at radius 1 is 0.963 bits per heavy atom. The lowest BCUT2D eigenvalue weighted by molar-refractivity contribution is -0.131. The molecule has 1 aromatic heterocycles. The first-order valence-electron chi connectivity index (χ1n) is 9.72. The summed E-state index contributed by atoms with van der Waals surface area (Å²) in [5.74, 6) is 0.165. The Morgan fingerprint density at radius 3 is 2.37 bits per heavy atom. The molecule has 142 valence electrons. The molecule has 0 N–H and O–H groups in total. The number of carbonyl (C=O) groups excluding carboxylic acids is 2. The van der Waals surface area contributed by atoms with Gasteiger partial charge in [-0.25, -0.2) is 0 Å². The third-order valence-electron chi connectivity index (χ3n) is 5.10. The van der Waals surface area contributed by atoms with E-state index in [-0.39, 0.29) is 11.8 Å². The molecular formula is C22H27N3O2. The van der Waals surface area contributed by atoms with Crippen molar-refractivity contribution in [3.8, 4) is 0 Å². The Bertz CT molecular complexity index is 759. The second kappa shape index (κ2) is 9.31. The van der Waals surface area contributed by atoms with Crippen LogP contribution in [-0.4, -0.2) is 52.8 Å². The molecule has 0 spiro atoms. The molecule has 0 atom stereocenters. The molecule has 0 radical (unpaired) electrons. The van der Waals surface area contributed by atoms with Crippen LogP contribution in [0.4, 0.5) is 0 Å². The van der Waals surface area contributed by atoms with E-state index in [9.17, 15) is 9.59 Å². The summed E-state index contributed by atoms with van der Waals surface area (Å²) >= 11 is 0. The summed E-state index contributed by atoms with van der Waals surface area (Å²) < 4.78 is 0. The number of hydrogen-bond donors (Lipinski definition) is 0. The number of rotatable bonds is 5. The first kappa shape index (κ1) is 19.1. The largest absolute Gasteiger partial charge is 0.341 e. The third kappa shape index (κ3) is 5.16. The van der Waals surface area contributed by atoms with Crippen LogP contribution in [0.5, 0.6) is 0 Å².